The van der Waals surface area contributed by atoms with Crippen molar-refractivity contribution in [2.45, 2.75) is 39.2 Å². The van der Waals surface area contributed by atoms with Gasteiger partial charge in [0.05, 0.1) is 11.4 Å². The van der Waals surface area contributed by atoms with Gasteiger partial charge in [-0.15, -0.1) is 0 Å². The Morgan fingerprint density at radius 2 is 2.28 bits per heavy atom. The van der Waals surface area contributed by atoms with E-state index in [1.165, 1.54) is 30.7 Å². The van der Waals surface area contributed by atoms with E-state index in [1.54, 1.807) is 7.11 Å². The maximum Gasteiger partial charge on any atom is 0.0625 e. The molecule has 1 aromatic heterocycles. The molecular weight excluding hydrogens is 226 g/mol. The molecule has 1 aliphatic rings. The van der Waals surface area contributed by atoms with E-state index in [1.807, 2.05) is 11.7 Å². The van der Waals surface area contributed by atoms with Crippen LogP contribution in [0, 0.1) is 5.41 Å². The van der Waals surface area contributed by atoms with Gasteiger partial charge in [0.2, 0.25) is 0 Å². The van der Waals surface area contributed by atoms with Gasteiger partial charge in [-0.1, -0.05) is 6.92 Å². The number of nitrogens with zero attached hydrogens (tertiary/aromatic N) is 2. The molecule has 1 aliphatic carbocycles. The van der Waals surface area contributed by atoms with E-state index >= 15 is 0 Å². The lowest BCUT2D eigenvalue weighted by Crippen LogP contribution is -2.25. The van der Waals surface area contributed by atoms with Crippen molar-refractivity contribution in [2.75, 3.05) is 20.3 Å². The normalized spacial score (nSPS) is 17.1. The maximum atomic E-state index is 5.18. The lowest BCUT2D eigenvalue weighted by molar-refractivity contribution is 0.171. The predicted octanol–water partition coefficient (Wildman–Crippen LogP) is 1.89. The average Bonchev–Trinajstić information content (AvgIpc) is 3.05. The Kier molecular flexibility index (Phi) is 4.40. The molecule has 0 spiro atoms. The fourth-order valence-corrected chi connectivity index (χ4v) is 2.38. The summed E-state index contributed by atoms with van der Waals surface area (Å²) in [6.07, 6.45) is 4.87. The third kappa shape index (κ3) is 3.33. The quantitative estimate of drug-likeness (QED) is 0.767. The molecule has 0 radical (unpaired) electrons. The largest absolute Gasteiger partial charge is 0.385 e. The van der Waals surface area contributed by atoms with Crippen molar-refractivity contribution in [2.24, 2.45) is 12.5 Å². The third-order valence-corrected chi connectivity index (χ3v) is 3.99. The number of methoxy groups -OCH3 is 1. The Morgan fingerprint density at radius 3 is 2.83 bits per heavy atom. The van der Waals surface area contributed by atoms with Gasteiger partial charge in [0, 0.05) is 33.9 Å². The van der Waals surface area contributed by atoms with Gasteiger partial charge in [-0.3, -0.25) is 4.68 Å². The summed E-state index contributed by atoms with van der Waals surface area (Å²) in [4.78, 5) is 0. The first-order chi connectivity index (χ1) is 8.69. The first kappa shape index (κ1) is 13.6. The minimum Gasteiger partial charge on any atom is -0.385 e. The smallest absolute Gasteiger partial charge is 0.0625 e. The predicted molar refractivity (Wildman–Crippen MR) is 72.5 cm³/mol. The molecule has 1 heterocycles. The number of rotatable bonds is 8. The van der Waals surface area contributed by atoms with Crippen LogP contribution in [0.3, 0.4) is 0 Å². The maximum absolute atomic E-state index is 5.18. The molecule has 0 amide bonds. The molecule has 1 saturated carbocycles. The molecule has 0 aromatic carbocycles. The SMILES string of the molecule is CCc1cc(CNCC2(CCOC)CC2)n(C)n1. The van der Waals surface area contributed by atoms with Crippen molar-refractivity contribution < 1.29 is 4.74 Å². The molecule has 1 N–H and O–H groups in total. The first-order valence-corrected chi connectivity index (χ1v) is 6.90. The van der Waals surface area contributed by atoms with E-state index in [9.17, 15) is 0 Å². The summed E-state index contributed by atoms with van der Waals surface area (Å²) < 4.78 is 7.16. The Balaban J connectivity index is 1.76. The van der Waals surface area contributed by atoms with Crippen LogP contribution in [-0.2, 0) is 24.8 Å². The standard InChI is InChI=1S/C14H25N3O/c1-4-12-9-13(17(2)16-12)10-15-11-14(5-6-14)7-8-18-3/h9,15H,4-8,10-11H2,1-3H3. The lowest BCUT2D eigenvalue weighted by Gasteiger charge is -2.15. The van der Waals surface area contributed by atoms with Crippen molar-refractivity contribution >= 4 is 0 Å². The van der Waals surface area contributed by atoms with Gasteiger partial charge in [0.25, 0.3) is 0 Å². The second kappa shape index (κ2) is 5.85. The number of hydrogen-bond acceptors (Lipinski definition) is 3. The second-order valence-corrected chi connectivity index (χ2v) is 5.45. The Hall–Kier alpha value is -0.870. The van der Waals surface area contributed by atoms with Crippen molar-refractivity contribution in [1.82, 2.24) is 15.1 Å². The highest BCUT2D eigenvalue weighted by molar-refractivity contribution is 5.10. The summed E-state index contributed by atoms with van der Waals surface area (Å²) in [5, 5.41) is 8.04. The average molecular weight is 251 g/mol. The van der Waals surface area contributed by atoms with E-state index in [4.69, 9.17) is 4.74 Å². The molecule has 4 nitrogen and oxygen atoms in total. The summed E-state index contributed by atoms with van der Waals surface area (Å²) in [7, 11) is 3.80. The number of ether oxygens (including phenoxy) is 1. The fraction of sp³-hybridized carbons (Fsp3) is 0.786. The highest BCUT2D eigenvalue weighted by atomic mass is 16.5. The monoisotopic (exact) mass is 251 g/mol. The van der Waals surface area contributed by atoms with Crippen LogP contribution in [0.2, 0.25) is 0 Å². The van der Waals surface area contributed by atoms with Crippen LogP contribution < -0.4 is 5.32 Å². The third-order valence-electron chi connectivity index (χ3n) is 3.99. The minimum absolute atomic E-state index is 0.516. The first-order valence-electron chi connectivity index (χ1n) is 6.90. The molecule has 0 saturated heterocycles. The van der Waals surface area contributed by atoms with Crippen molar-refractivity contribution in [3.8, 4) is 0 Å². The molecule has 0 bridgehead atoms. The zero-order chi connectivity index (χ0) is 13.0. The highest BCUT2D eigenvalue weighted by Crippen LogP contribution is 2.48. The van der Waals surface area contributed by atoms with Gasteiger partial charge in [0.15, 0.2) is 0 Å². The fourth-order valence-electron chi connectivity index (χ4n) is 2.38. The lowest BCUT2D eigenvalue weighted by atomic mass is 10.0. The Labute approximate surface area is 110 Å². The van der Waals surface area contributed by atoms with Gasteiger partial charge in [-0.05, 0) is 37.2 Å². The summed E-state index contributed by atoms with van der Waals surface area (Å²) in [5.74, 6) is 0. The Bertz CT molecular complexity index is 382. The van der Waals surface area contributed by atoms with Crippen LogP contribution in [0.1, 0.15) is 37.6 Å². The van der Waals surface area contributed by atoms with Crippen LogP contribution in [-0.4, -0.2) is 30.0 Å². The summed E-state index contributed by atoms with van der Waals surface area (Å²) >= 11 is 0. The number of nitrogens with one attached hydrogen (secondary N) is 1. The van der Waals surface area contributed by atoms with Crippen molar-refractivity contribution in [3.05, 3.63) is 17.5 Å². The zero-order valence-electron chi connectivity index (χ0n) is 11.8. The minimum atomic E-state index is 0.516. The van der Waals surface area contributed by atoms with Crippen LogP contribution in [0.4, 0.5) is 0 Å². The van der Waals surface area contributed by atoms with E-state index in [0.717, 1.165) is 26.1 Å². The van der Waals surface area contributed by atoms with E-state index in [-0.39, 0.29) is 0 Å². The molecular formula is C14H25N3O. The molecule has 18 heavy (non-hydrogen) atoms. The summed E-state index contributed by atoms with van der Waals surface area (Å²) in [6.45, 7) is 5.04. The Morgan fingerprint density at radius 1 is 1.50 bits per heavy atom. The molecule has 0 aliphatic heterocycles. The van der Waals surface area contributed by atoms with Crippen LogP contribution in [0.15, 0.2) is 6.07 Å². The van der Waals surface area contributed by atoms with Gasteiger partial charge >= 0.3 is 0 Å². The van der Waals surface area contributed by atoms with E-state index < -0.39 is 0 Å². The number of aryl methyl sites for hydroxylation is 2. The topological polar surface area (TPSA) is 39.1 Å². The van der Waals surface area contributed by atoms with Crippen LogP contribution in [0.5, 0.6) is 0 Å². The molecule has 1 aromatic rings. The van der Waals surface area contributed by atoms with Crippen molar-refractivity contribution in [3.63, 3.8) is 0 Å². The van der Waals surface area contributed by atoms with Gasteiger partial charge in [-0.2, -0.15) is 5.10 Å². The summed E-state index contributed by atoms with van der Waals surface area (Å²) in [5.41, 5.74) is 2.96. The number of aromatic nitrogens is 2. The second-order valence-electron chi connectivity index (χ2n) is 5.45. The summed E-state index contributed by atoms with van der Waals surface area (Å²) in [6, 6.07) is 2.20. The van der Waals surface area contributed by atoms with Crippen LogP contribution in [0.25, 0.3) is 0 Å². The van der Waals surface area contributed by atoms with Gasteiger partial charge in [-0.25, -0.2) is 0 Å². The zero-order valence-corrected chi connectivity index (χ0v) is 11.8. The molecule has 4 heteroatoms. The van der Waals surface area contributed by atoms with E-state index in [0.29, 0.717) is 5.41 Å². The molecule has 1 fully saturated rings. The molecule has 102 valence electrons. The van der Waals surface area contributed by atoms with Crippen LogP contribution >= 0.6 is 0 Å². The van der Waals surface area contributed by atoms with E-state index in [2.05, 4.69) is 23.4 Å². The molecule has 0 atom stereocenters. The molecule has 0 unspecified atom stereocenters. The number of hydrogen-bond donors (Lipinski definition) is 1. The highest BCUT2D eigenvalue weighted by Gasteiger charge is 2.41. The van der Waals surface area contributed by atoms with Gasteiger partial charge < -0.3 is 10.1 Å². The van der Waals surface area contributed by atoms with Gasteiger partial charge in [0.1, 0.15) is 0 Å². The molecule has 2 rings (SSSR count). The van der Waals surface area contributed by atoms with Crippen molar-refractivity contribution in [1.29, 1.82) is 0 Å².